The van der Waals surface area contributed by atoms with Crippen LogP contribution in [-0.2, 0) is 4.79 Å². The lowest BCUT2D eigenvalue weighted by atomic mass is 10.1. The summed E-state index contributed by atoms with van der Waals surface area (Å²) in [5.41, 5.74) is 1.40. The Kier molecular flexibility index (Phi) is 4.01. The summed E-state index contributed by atoms with van der Waals surface area (Å²) in [6.07, 6.45) is 6.92. The first-order valence-corrected chi connectivity index (χ1v) is 9.20. The molecule has 0 radical (unpaired) electrons. The van der Waals surface area contributed by atoms with E-state index in [0.29, 0.717) is 39.9 Å². The van der Waals surface area contributed by atoms with E-state index in [4.69, 9.17) is 9.47 Å². The molecule has 4 heterocycles. The van der Waals surface area contributed by atoms with Crippen LogP contribution in [0.15, 0.2) is 36.8 Å². The average molecular weight is 390 g/mol. The molecule has 1 aliphatic carbocycles. The topological polar surface area (TPSA) is 104 Å². The van der Waals surface area contributed by atoms with Crippen LogP contribution in [-0.4, -0.2) is 44.7 Å². The SMILES string of the molecule is COc1ccc2nc(-c3cnc(OC)c4cnc(NC(=O)C5CC5)cc34)nn2c1. The summed E-state index contributed by atoms with van der Waals surface area (Å²) in [4.78, 5) is 25.5. The van der Waals surface area contributed by atoms with Crippen molar-refractivity contribution in [2.75, 3.05) is 19.5 Å². The number of carbonyl (C=O) groups excluding carboxylic acids is 1. The Balaban J connectivity index is 1.64. The van der Waals surface area contributed by atoms with Crippen molar-refractivity contribution in [1.29, 1.82) is 0 Å². The van der Waals surface area contributed by atoms with Crippen LogP contribution in [0.4, 0.5) is 5.82 Å². The molecule has 4 aromatic rings. The molecule has 1 fully saturated rings. The fourth-order valence-corrected chi connectivity index (χ4v) is 3.19. The molecule has 0 bridgehead atoms. The Hall–Kier alpha value is -3.75. The zero-order valence-electron chi connectivity index (χ0n) is 15.9. The minimum Gasteiger partial charge on any atom is -0.495 e. The quantitative estimate of drug-likeness (QED) is 0.559. The molecule has 4 aromatic heterocycles. The molecule has 0 spiro atoms. The lowest BCUT2D eigenvalue weighted by Gasteiger charge is -2.09. The number of methoxy groups -OCH3 is 2. The zero-order chi connectivity index (χ0) is 20.0. The minimum absolute atomic E-state index is 0.00243. The zero-order valence-corrected chi connectivity index (χ0v) is 15.9. The second-order valence-corrected chi connectivity index (χ2v) is 6.87. The van der Waals surface area contributed by atoms with Gasteiger partial charge in [-0.25, -0.2) is 19.5 Å². The van der Waals surface area contributed by atoms with Crippen molar-refractivity contribution in [3.8, 4) is 23.0 Å². The molecule has 0 aliphatic heterocycles. The maximum absolute atomic E-state index is 12.1. The third-order valence-electron chi connectivity index (χ3n) is 4.91. The molecule has 9 nitrogen and oxygen atoms in total. The summed E-state index contributed by atoms with van der Waals surface area (Å²) in [5, 5.41) is 8.95. The Morgan fingerprint density at radius 2 is 2.00 bits per heavy atom. The molecule has 0 unspecified atom stereocenters. The monoisotopic (exact) mass is 390 g/mol. The average Bonchev–Trinajstić information content (AvgIpc) is 3.51. The largest absolute Gasteiger partial charge is 0.495 e. The van der Waals surface area contributed by atoms with Crippen molar-refractivity contribution in [3.63, 3.8) is 0 Å². The van der Waals surface area contributed by atoms with Gasteiger partial charge >= 0.3 is 0 Å². The van der Waals surface area contributed by atoms with E-state index in [-0.39, 0.29) is 11.8 Å². The Morgan fingerprint density at radius 1 is 1.14 bits per heavy atom. The van der Waals surface area contributed by atoms with E-state index in [2.05, 4.69) is 25.4 Å². The highest BCUT2D eigenvalue weighted by molar-refractivity contribution is 6.00. The van der Waals surface area contributed by atoms with Gasteiger partial charge in [0.05, 0.1) is 25.8 Å². The van der Waals surface area contributed by atoms with Gasteiger partial charge in [0.2, 0.25) is 11.8 Å². The molecular formula is C20H18N6O3. The molecule has 9 heteroatoms. The first-order valence-electron chi connectivity index (χ1n) is 9.20. The van der Waals surface area contributed by atoms with Gasteiger partial charge in [-0.1, -0.05) is 0 Å². The molecule has 29 heavy (non-hydrogen) atoms. The summed E-state index contributed by atoms with van der Waals surface area (Å²) in [6, 6.07) is 5.46. The van der Waals surface area contributed by atoms with Gasteiger partial charge in [0, 0.05) is 29.3 Å². The fraction of sp³-hybridized carbons (Fsp3) is 0.250. The molecule has 1 saturated carbocycles. The second-order valence-electron chi connectivity index (χ2n) is 6.87. The molecule has 1 amide bonds. The maximum Gasteiger partial charge on any atom is 0.228 e. The van der Waals surface area contributed by atoms with E-state index in [1.54, 1.807) is 43.4 Å². The van der Waals surface area contributed by atoms with Crippen LogP contribution in [0.3, 0.4) is 0 Å². The predicted molar refractivity (Wildman–Crippen MR) is 106 cm³/mol. The summed E-state index contributed by atoms with van der Waals surface area (Å²) in [7, 11) is 3.16. The van der Waals surface area contributed by atoms with Gasteiger partial charge in [-0.3, -0.25) is 4.79 Å². The van der Waals surface area contributed by atoms with E-state index in [1.807, 2.05) is 12.1 Å². The van der Waals surface area contributed by atoms with Crippen LogP contribution >= 0.6 is 0 Å². The lowest BCUT2D eigenvalue weighted by molar-refractivity contribution is -0.117. The normalized spacial score (nSPS) is 13.6. The number of hydrogen-bond acceptors (Lipinski definition) is 7. The number of carbonyl (C=O) groups is 1. The van der Waals surface area contributed by atoms with Gasteiger partial charge in [-0.05, 0) is 31.0 Å². The number of pyridine rings is 3. The van der Waals surface area contributed by atoms with Crippen LogP contribution in [0.1, 0.15) is 12.8 Å². The fourth-order valence-electron chi connectivity index (χ4n) is 3.19. The lowest BCUT2D eigenvalue weighted by Crippen LogP contribution is -2.14. The van der Waals surface area contributed by atoms with Crippen LogP contribution in [0.5, 0.6) is 11.6 Å². The predicted octanol–water partition coefficient (Wildman–Crippen LogP) is 2.71. The summed E-state index contributed by atoms with van der Waals surface area (Å²) >= 11 is 0. The van der Waals surface area contributed by atoms with E-state index in [9.17, 15) is 4.79 Å². The summed E-state index contributed by atoms with van der Waals surface area (Å²) < 4.78 is 12.3. The van der Waals surface area contributed by atoms with Gasteiger partial charge in [-0.15, -0.1) is 5.10 Å². The number of nitrogens with zero attached hydrogens (tertiary/aromatic N) is 5. The molecule has 0 saturated heterocycles. The number of amides is 1. The summed E-state index contributed by atoms with van der Waals surface area (Å²) in [6.45, 7) is 0. The number of nitrogens with one attached hydrogen (secondary N) is 1. The van der Waals surface area contributed by atoms with E-state index >= 15 is 0 Å². The molecular weight excluding hydrogens is 372 g/mol. The number of hydrogen-bond donors (Lipinski definition) is 1. The Bertz CT molecular complexity index is 1250. The molecule has 1 N–H and O–H groups in total. The number of fused-ring (bicyclic) bond motifs is 2. The van der Waals surface area contributed by atoms with Gasteiger partial charge in [-0.2, -0.15) is 0 Å². The first-order chi connectivity index (χ1) is 14.2. The number of rotatable bonds is 5. The highest BCUT2D eigenvalue weighted by Crippen LogP contribution is 2.34. The molecule has 146 valence electrons. The third kappa shape index (κ3) is 3.10. The van der Waals surface area contributed by atoms with Gasteiger partial charge in [0.15, 0.2) is 11.5 Å². The Labute approximate surface area is 165 Å². The van der Waals surface area contributed by atoms with E-state index in [0.717, 1.165) is 18.2 Å². The molecule has 5 rings (SSSR count). The molecule has 1 aliphatic rings. The second kappa shape index (κ2) is 6.69. The van der Waals surface area contributed by atoms with Gasteiger partial charge < -0.3 is 14.8 Å². The van der Waals surface area contributed by atoms with Crippen LogP contribution in [0, 0.1) is 5.92 Å². The van der Waals surface area contributed by atoms with Gasteiger partial charge in [0.1, 0.15) is 11.6 Å². The highest BCUT2D eigenvalue weighted by atomic mass is 16.5. The standard InChI is InChI=1S/C20H18N6O3/c1-28-12-5-6-17-24-18(25-26(17)10-12)14-8-22-20(29-2)15-9-21-16(7-13(14)15)23-19(27)11-3-4-11/h5-11H,3-4H2,1-2H3,(H,21,23,27). The number of aromatic nitrogens is 5. The number of anilines is 1. The number of ether oxygens (including phenoxy) is 2. The summed E-state index contributed by atoms with van der Waals surface area (Å²) in [5.74, 6) is 2.20. The minimum atomic E-state index is -0.00243. The van der Waals surface area contributed by atoms with Crippen molar-refractivity contribution < 1.29 is 14.3 Å². The van der Waals surface area contributed by atoms with E-state index < -0.39 is 0 Å². The highest BCUT2D eigenvalue weighted by Gasteiger charge is 2.30. The third-order valence-corrected chi connectivity index (χ3v) is 4.91. The van der Waals surface area contributed by atoms with Crippen molar-refractivity contribution >= 4 is 28.1 Å². The van der Waals surface area contributed by atoms with Crippen molar-refractivity contribution in [3.05, 3.63) is 36.8 Å². The first kappa shape index (κ1) is 17.4. The molecule has 0 aromatic carbocycles. The van der Waals surface area contributed by atoms with Gasteiger partial charge in [0.25, 0.3) is 0 Å². The smallest absolute Gasteiger partial charge is 0.228 e. The van der Waals surface area contributed by atoms with Crippen molar-refractivity contribution in [2.45, 2.75) is 12.8 Å². The maximum atomic E-state index is 12.1. The Morgan fingerprint density at radius 3 is 2.76 bits per heavy atom. The van der Waals surface area contributed by atoms with Crippen LogP contribution in [0.25, 0.3) is 27.8 Å². The van der Waals surface area contributed by atoms with Crippen LogP contribution in [0.2, 0.25) is 0 Å². The van der Waals surface area contributed by atoms with Crippen LogP contribution < -0.4 is 14.8 Å². The van der Waals surface area contributed by atoms with E-state index in [1.165, 1.54) is 0 Å². The van der Waals surface area contributed by atoms with Crippen molar-refractivity contribution in [1.82, 2.24) is 24.6 Å². The van der Waals surface area contributed by atoms with Crippen molar-refractivity contribution in [2.24, 2.45) is 5.92 Å². The molecule has 0 atom stereocenters.